The van der Waals surface area contributed by atoms with Crippen LogP contribution in [-0.2, 0) is 14.4 Å². The van der Waals surface area contributed by atoms with E-state index in [2.05, 4.69) is 5.32 Å². The van der Waals surface area contributed by atoms with Crippen molar-refractivity contribution in [3.05, 3.63) is 58.7 Å². The number of urea groups is 1. The maximum absolute atomic E-state index is 13.1. The number of ether oxygens (including phenoxy) is 2. The highest BCUT2D eigenvalue weighted by atomic mass is 16.5. The van der Waals surface area contributed by atoms with Gasteiger partial charge in [-0.1, -0.05) is 12.1 Å². The van der Waals surface area contributed by atoms with E-state index in [0.717, 1.165) is 16.0 Å². The summed E-state index contributed by atoms with van der Waals surface area (Å²) in [6.45, 7) is 5.03. The molecule has 0 aliphatic carbocycles. The third-order valence-corrected chi connectivity index (χ3v) is 4.49. The van der Waals surface area contributed by atoms with Gasteiger partial charge in [0.25, 0.3) is 11.8 Å². The molecule has 0 aromatic heterocycles. The van der Waals surface area contributed by atoms with E-state index in [1.54, 1.807) is 19.1 Å². The lowest BCUT2D eigenvalue weighted by Gasteiger charge is -2.27. The number of anilines is 1. The van der Waals surface area contributed by atoms with Gasteiger partial charge in [0, 0.05) is 0 Å². The van der Waals surface area contributed by atoms with Crippen molar-refractivity contribution < 1.29 is 33.8 Å². The van der Waals surface area contributed by atoms with Gasteiger partial charge in [-0.15, -0.1) is 0 Å². The summed E-state index contributed by atoms with van der Waals surface area (Å²) in [4.78, 5) is 49.5. The van der Waals surface area contributed by atoms with E-state index < -0.39 is 30.4 Å². The summed E-state index contributed by atoms with van der Waals surface area (Å²) in [5.74, 6) is -2.58. The van der Waals surface area contributed by atoms with Gasteiger partial charge in [0.05, 0.1) is 18.3 Å². The zero-order valence-corrected chi connectivity index (χ0v) is 17.8. The minimum atomic E-state index is -1.39. The van der Waals surface area contributed by atoms with Crippen LogP contribution in [0.3, 0.4) is 0 Å². The fourth-order valence-corrected chi connectivity index (χ4v) is 3.28. The van der Waals surface area contributed by atoms with Crippen LogP contribution < -0.4 is 24.8 Å². The molecular weight excluding hydrogens is 416 g/mol. The van der Waals surface area contributed by atoms with Crippen molar-refractivity contribution in [1.29, 1.82) is 0 Å². The third kappa shape index (κ3) is 4.94. The highest BCUT2D eigenvalue weighted by Gasteiger charge is 2.37. The number of carboxylic acids is 1. The Labute approximate surface area is 184 Å². The number of carbonyl (C=O) groups is 4. The molecule has 0 radical (unpaired) electrons. The molecule has 1 heterocycles. The molecular formula is C23H21N2O7-. The summed E-state index contributed by atoms with van der Waals surface area (Å²) in [5.41, 5.74) is 2.24. The fourth-order valence-electron chi connectivity index (χ4n) is 3.28. The summed E-state index contributed by atoms with van der Waals surface area (Å²) >= 11 is 0. The first-order chi connectivity index (χ1) is 15.2. The minimum Gasteiger partial charge on any atom is -0.546 e. The highest BCUT2D eigenvalue weighted by molar-refractivity contribution is 6.39. The Morgan fingerprint density at radius 2 is 1.72 bits per heavy atom. The Morgan fingerprint density at radius 1 is 1.03 bits per heavy atom. The molecule has 1 fully saturated rings. The molecule has 32 heavy (non-hydrogen) atoms. The number of aliphatic carboxylic acids is 1. The van der Waals surface area contributed by atoms with E-state index in [4.69, 9.17) is 9.47 Å². The van der Waals surface area contributed by atoms with E-state index in [1.165, 1.54) is 24.3 Å². The molecule has 1 aliphatic rings. The molecule has 4 amide bonds. The van der Waals surface area contributed by atoms with Crippen molar-refractivity contribution >= 4 is 35.6 Å². The van der Waals surface area contributed by atoms with Gasteiger partial charge in [-0.25, -0.2) is 9.69 Å². The topological polar surface area (TPSA) is 125 Å². The van der Waals surface area contributed by atoms with Crippen molar-refractivity contribution in [1.82, 2.24) is 5.32 Å². The third-order valence-electron chi connectivity index (χ3n) is 4.49. The monoisotopic (exact) mass is 437 g/mol. The number of rotatable bonds is 7. The van der Waals surface area contributed by atoms with Gasteiger partial charge in [-0.3, -0.25) is 14.9 Å². The maximum Gasteiger partial charge on any atom is 0.335 e. The number of carboxylic acid groups (broad SMARTS) is 1. The van der Waals surface area contributed by atoms with Crippen LogP contribution in [0, 0.1) is 13.8 Å². The lowest BCUT2D eigenvalue weighted by molar-refractivity contribution is -0.307. The van der Waals surface area contributed by atoms with Crippen molar-refractivity contribution in [2.24, 2.45) is 0 Å². The largest absolute Gasteiger partial charge is 0.546 e. The summed E-state index contributed by atoms with van der Waals surface area (Å²) < 4.78 is 10.6. The molecule has 9 nitrogen and oxygen atoms in total. The second kappa shape index (κ2) is 9.34. The Hall–Kier alpha value is -4.14. The number of nitrogens with zero attached hydrogens (tertiary/aromatic N) is 1. The SMILES string of the molecule is CCOc1cc(/C=C2/C(=O)NC(=O)N(c3cc(C)cc(C)c3)C2=O)ccc1OCC(=O)[O-]. The van der Waals surface area contributed by atoms with Crippen molar-refractivity contribution in [3.63, 3.8) is 0 Å². The summed E-state index contributed by atoms with van der Waals surface area (Å²) in [5, 5.41) is 12.8. The molecule has 1 saturated heterocycles. The van der Waals surface area contributed by atoms with Crippen LogP contribution >= 0.6 is 0 Å². The second-order valence-electron chi connectivity index (χ2n) is 7.10. The molecule has 0 spiro atoms. The first kappa shape index (κ1) is 22.5. The highest BCUT2D eigenvalue weighted by Crippen LogP contribution is 2.30. The molecule has 0 unspecified atom stereocenters. The lowest BCUT2D eigenvalue weighted by Crippen LogP contribution is -2.54. The Morgan fingerprint density at radius 3 is 2.34 bits per heavy atom. The van der Waals surface area contributed by atoms with Gasteiger partial charge in [-0.05, 0) is 67.8 Å². The number of amides is 4. The summed E-state index contributed by atoms with van der Waals surface area (Å²) in [6, 6.07) is 8.90. The van der Waals surface area contributed by atoms with Crippen LogP contribution in [0.4, 0.5) is 10.5 Å². The van der Waals surface area contributed by atoms with Crippen molar-refractivity contribution in [2.45, 2.75) is 20.8 Å². The van der Waals surface area contributed by atoms with Gasteiger partial charge in [0.1, 0.15) is 12.2 Å². The Bertz CT molecular complexity index is 1120. The molecule has 0 saturated carbocycles. The number of nitrogens with one attached hydrogen (secondary N) is 1. The van der Waals surface area contributed by atoms with Gasteiger partial charge in [0.2, 0.25) is 0 Å². The molecule has 9 heteroatoms. The van der Waals surface area contributed by atoms with Crippen molar-refractivity contribution in [3.8, 4) is 11.5 Å². The minimum absolute atomic E-state index is 0.171. The van der Waals surface area contributed by atoms with Crippen LogP contribution in [0.15, 0.2) is 42.0 Å². The number of aryl methyl sites for hydroxylation is 2. The zero-order valence-electron chi connectivity index (χ0n) is 17.8. The molecule has 0 atom stereocenters. The number of benzene rings is 2. The Kier molecular flexibility index (Phi) is 6.58. The van der Waals surface area contributed by atoms with E-state index in [9.17, 15) is 24.3 Å². The number of imide groups is 2. The van der Waals surface area contributed by atoms with Crippen LogP contribution in [0.25, 0.3) is 6.08 Å². The van der Waals surface area contributed by atoms with Crippen LogP contribution in [-0.4, -0.2) is 37.0 Å². The molecule has 2 aromatic rings. The fraction of sp³-hybridized carbons (Fsp3) is 0.217. The number of barbiturate groups is 1. The molecule has 2 aromatic carbocycles. The zero-order chi connectivity index (χ0) is 23.4. The lowest BCUT2D eigenvalue weighted by atomic mass is 10.0. The van der Waals surface area contributed by atoms with Gasteiger partial charge < -0.3 is 19.4 Å². The molecule has 166 valence electrons. The van der Waals surface area contributed by atoms with Crippen LogP contribution in [0.5, 0.6) is 11.5 Å². The Balaban J connectivity index is 1.98. The summed E-state index contributed by atoms with van der Waals surface area (Å²) in [6.07, 6.45) is 1.32. The second-order valence-corrected chi connectivity index (χ2v) is 7.10. The van der Waals surface area contributed by atoms with Gasteiger partial charge in [-0.2, -0.15) is 0 Å². The maximum atomic E-state index is 13.1. The van der Waals surface area contributed by atoms with Gasteiger partial charge >= 0.3 is 6.03 Å². The standard InChI is InChI=1S/C23H22N2O7/c1-4-31-19-11-15(5-6-18(19)32-12-20(26)27)10-17-21(28)24-23(30)25(22(17)29)16-8-13(2)7-14(3)9-16/h5-11H,4,12H2,1-3H3,(H,26,27)(H,24,28,30)/p-1/b17-10-. The molecule has 1 aliphatic heterocycles. The normalized spacial score (nSPS) is 15.0. The van der Waals surface area contributed by atoms with Crippen LogP contribution in [0.1, 0.15) is 23.6 Å². The number of hydrogen-bond acceptors (Lipinski definition) is 7. The predicted octanol–water partition coefficient (Wildman–Crippen LogP) is 1.50. The molecule has 1 N–H and O–H groups in total. The number of hydrogen-bond donors (Lipinski definition) is 1. The quantitative estimate of drug-likeness (QED) is 0.514. The smallest absolute Gasteiger partial charge is 0.335 e. The average molecular weight is 437 g/mol. The first-order valence-electron chi connectivity index (χ1n) is 9.79. The van der Waals surface area contributed by atoms with Gasteiger partial charge in [0.15, 0.2) is 11.5 Å². The van der Waals surface area contributed by atoms with E-state index in [0.29, 0.717) is 11.3 Å². The van der Waals surface area contributed by atoms with E-state index in [-0.39, 0.29) is 23.7 Å². The van der Waals surface area contributed by atoms with Crippen molar-refractivity contribution in [2.75, 3.05) is 18.1 Å². The average Bonchev–Trinajstić information content (AvgIpc) is 2.69. The predicted molar refractivity (Wildman–Crippen MR) is 113 cm³/mol. The first-order valence-corrected chi connectivity index (χ1v) is 9.79. The summed E-state index contributed by atoms with van der Waals surface area (Å²) in [7, 11) is 0. The van der Waals surface area contributed by atoms with E-state index in [1.807, 2.05) is 19.9 Å². The molecule has 0 bridgehead atoms. The van der Waals surface area contributed by atoms with E-state index >= 15 is 0 Å². The van der Waals surface area contributed by atoms with Crippen LogP contribution in [0.2, 0.25) is 0 Å². The number of carbonyl (C=O) groups excluding carboxylic acids is 4. The molecule has 3 rings (SSSR count).